The van der Waals surface area contributed by atoms with Crippen LogP contribution in [0.25, 0.3) is 0 Å². The maximum Gasteiger partial charge on any atom is 0.367 e. The molecule has 2 rings (SSSR count). The minimum absolute atomic E-state index is 0.166. The van der Waals surface area contributed by atoms with Crippen molar-refractivity contribution in [3.05, 3.63) is 25.9 Å². The van der Waals surface area contributed by atoms with Crippen molar-refractivity contribution in [3.63, 3.8) is 0 Å². The second kappa shape index (κ2) is 3.68. The van der Waals surface area contributed by atoms with E-state index in [9.17, 15) is 10.1 Å². The van der Waals surface area contributed by atoms with Crippen LogP contribution < -0.4 is 4.74 Å². The molecule has 0 N–H and O–H groups in total. The molecule has 14 heavy (non-hydrogen) atoms. The van der Waals surface area contributed by atoms with Gasteiger partial charge in [-0.3, -0.25) is 0 Å². The van der Waals surface area contributed by atoms with Gasteiger partial charge in [0.25, 0.3) is 0 Å². The summed E-state index contributed by atoms with van der Waals surface area (Å²) in [5, 5.41) is 10.5. The highest BCUT2D eigenvalue weighted by molar-refractivity contribution is 14.1. The fraction of sp³-hybridized carbons (Fsp3) is 0.375. The van der Waals surface area contributed by atoms with Gasteiger partial charge in [0.15, 0.2) is 6.20 Å². The monoisotopic (exact) mass is 306 g/mol. The quantitative estimate of drug-likeness (QED) is 0.487. The van der Waals surface area contributed by atoms with Gasteiger partial charge in [-0.05, 0) is 45.3 Å². The zero-order chi connectivity index (χ0) is 10.1. The summed E-state index contributed by atoms with van der Waals surface area (Å²) in [4.78, 5) is 13.6. The van der Waals surface area contributed by atoms with Crippen molar-refractivity contribution >= 4 is 28.4 Å². The number of hydrogen-bond donors (Lipinski definition) is 0. The van der Waals surface area contributed by atoms with E-state index in [2.05, 4.69) is 27.6 Å². The van der Waals surface area contributed by atoms with E-state index >= 15 is 0 Å². The SMILES string of the molecule is O=[N+]([O-])c1cc(OC2CC2)c(I)cn1. The third-order valence-electron chi connectivity index (χ3n) is 1.81. The lowest BCUT2D eigenvalue weighted by Gasteiger charge is -2.04. The topological polar surface area (TPSA) is 65.3 Å². The molecule has 1 heterocycles. The van der Waals surface area contributed by atoms with Crippen LogP contribution in [0.3, 0.4) is 0 Å². The van der Waals surface area contributed by atoms with Gasteiger partial charge in [0.2, 0.25) is 0 Å². The summed E-state index contributed by atoms with van der Waals surface area (Å²) in [5.74, 6) is 0.399. The van der Waals surface area contributed by atoms with Crippen molar-refractivity contribution in [2.75, 3.05) is 0 Å². The zero-order valence-corrected chi connectivity index (χ0v) is 9.30. The molecular weight excluding hydrogens is 299 g/mol. The van der Waals surface area contributed by atoms with E-state index in [1.807, 2.05) is 0 Å². The Morgan fingerprint density at radius 3 is 2.93 bits per heavy atom. The van der Waals surface area contributed by atoms with E-state index in [1.54, 1.807) is 0 Å². The number of nitrogens with zero attached hydrogens (tertiary/aromatic N) is 2. The molecule has 1 fully saturated rings. The predicted molar refractivity (Wildman–Crippen MR) is 57.3 cm³/mol. The van der Waals surface area contributed by atoms with Crippen LogP contribution in [0, 0.1) is 13.7 Å². The molecular formula is C8H7IN2O3. The number of ether oxygens (including phenoxy) is 1. The number of nitro groups is 1. The summed E-state index contributed by atoms with van der Waals surface area (Å²) in [6.45, 7) is 0. The molecule has 0 spiro atoms. The Morgan fingerprint density at radius 2 is 2.36 bits per heavy atom. The normalized spacial score (nSPS) is 15.2. The summed E-state index contributed by atoms with van der Waals surface area (Å²) in [6, 6.07) is 1.38. The molecule has 1 aliphatic rings. The van der Waals surface area contributed by atoms with Gasteiger partial charge >= 0.3 is 5.82 Å². The lowest BCUT2D eigenvalue weighted by Crippen LogP contribution is -2.00. The van der Waals surface area contributed by atoms with Crippen LogP contribution >= 0.6 is 22.6 Å². The largest absolute Gasteiger partial charge is 0.489 e. The highest BCUT2D eigenvalue weighted by Crippen LogP contribution is 2.31. The number of aromatic nitrogens is 1. The predicted octanol–water partition coefficient (Wildman–Crippen LogP) is 2.14. The molecule has 0 saturated heterocycles. The molecule has 1 saturated carbocycles. The summed E-state index contributed by atoms with van der Waals surface area (Å²) >= 11 is 2.05. The van der Waals surface area contributed by atoms with Crippen LogP contribution in [0.2, 0.25) is 0 Å². The Hall–Kier alpha value is -0.920. The molecule has 5 nitrogen and oxygen atoms in total. The molecule has 1 aliphatic carbocycles. The lowest BCUT2D eigenvalue weighted by atomic mass is 10.4. The second-order valence-electron chi connectivity index (χ2n) is 3.05. The van der Waals surface area contributed by atoms with E-state index in [-0.39, 0.29) is 11.9 Å². The van der Waals surface area contributed by atoms with Crippen molar-refractivity contribution in [1.82, 2.24) is 4.98 Å². The molecule has 0 bridgehead atoms. The van der Waals surface area contributed by atoms with Gasteiger partial charge in [-0.1, -0.05) is 0 Å². The maximum atomic E-state index is 10.5. The lowest BCUT2D eigenvalue weighted by molar-refractivity contribution is -0.389. The number of halogens is 1. The fourth-order valence-corrected chi connectivity index (χ4v) is 1.39. The van der Waals surface area contributed by atoms with Crippen LogP contribution in [0.1, 0.15) is 12.8 Å². The van der Waals surface area contributed by atoms with Crippen molar-refractivity contribution < 1.29 is 9.66 Å². The minimum atomic E-state index is -0.518. The number of hydrogen-bond acceptors (Lipinski definition) is 4. The summed E-state index contributed by atoms with van der Waals surface area (Å²) < 4.78 is 6.30. The van der Waals surface area contributed by atoms with E-state index in [0.29, 0.717) is 5.75 Å². The van der Waals surface area contributed by atoms with Crippen molar-refractivity contribution in [3.8, 4) is 5.75 Å². The van der Waals surface area contributed by atoms with Crippen LogP contribution in [0.4, 0.5) is 5.82 Å². The summed E-state index contributed by atoms with van der Waals surface area (Å²) in [6.07, 6.45) is 3.76. The Balaban J connectivity index is 2.26. The molecule has 0 radical (unpaired) electrons. The summed E-state index contributed by atoms with van der Waals surface area (Å²) in [7, 11) is 0. The van der Waals surface area contributed by atoms with Crippen molar-refractivity contribution in [1.29, 1.82) is 0 Å². The zero-order valence-electron chi connectivity index (χ0n) is 7.14. The smallest absolute Gasteiger partial charge is 0.367 e. The first kappa shape index (κ1) is 9.63. The van der Waals surface area contributed by atoms with E-state index < -0.39 is 4.92 Å². The van der Waals surface area contributed by atoms with Crippen LogP contribution in [0.15, 0.2) is 12.3 Å². The average Bonchev–Trinajstić information content (AvgIpc) is 2.92. The first-order chi connectivity index (χ1) is 6.66. The minimum Gasteiger partial charge on any atom is -0.489 e. The second-order valence-corrected chi connectivity index (χ2v) is 4.21. The molecule has 0 atom stereocenters. The Bertz CT molecular complexity index is 379. The van der Waals surface area contributed by atoms with Gasteiger partial charge in [-0.2, -0.15) is 0 Å². The Kier molecular flexibility index (Phi) is 2.53. The first-order valence-corrected chi connectivity index (χ1v) is 5.21. The van der Waals surface area contributed by atoms with E-state index in [1.165, 1.54) is 12.3 Å². The Morgan fingerprint density at radius 1 is 1.64 bits per heavy atom. The average molecular weight is 306 g/mol. The first-order valence-electron chi connectivity index (χ1n) is 4.13. The van der Waals surface area contributed by atoms with Crippen molar-refractivity contribution in [2.24, 2.45) is 0 Å². The third-order valence-corrected chi connectivity index (χ3v) is 2.62. The van der Waals surface area contributed by atoms with E-state index in [0.717, 1.165) is 16.4 Å². The molecule has 0 aromatic carbocycles. The number of rotatable bonds is 3. The molecule has 0 amide bonds. The van der Waals surface area contributed by atoms with Gasteiger partial charge in [0.05, 0.1) is 15.7 Å². The van der Waals surface area contributed by atoms with Gasteiger partial charge in [-0.15, -0.1) is 0 Å². The van der Waals surface area contributed by atoms with Crippen LogP contribution in [-0.2, 0) is 0 Å². The van der Waals surface area contributed by atoms with Gasteiger partial charge in [0, 0.05) is 0 Å². The molecule has 1 aromatic rings. The standard InChI is InChI=1S/C8H7IN2O3/c9-6-4-10-8(11(12)13)3-7(6)14-5-1-2-5/h3-5H,1-2H2. The molecule has 1 aromatic heterocycles. The van der Waals surface area contributed by atoms with Gasteiger partial charge < -0.3 is 14.9 Å². The highest BCUT2D eigenvalue weighted by Gasteiger charge is 2.25. The van der Waals surface area contributed by atoms with Gasteiger partial charge in [-0.25, -0.2) is 0 Å². The molecule has 6 heteroatoms. The highest BCUT2D eigenvalue weighted by atomic mass is 127. The van der Waals surface area contributed by atoms with Crippen molar-refractivity contribution in [2.45, 2.75) is 18.9 Å². The molecule has 0 unspecified atom stereocenters. The molecule has 0 aliphatic heterocycles. The summed E-state index contributed by atoms with van der Waals surface area (Å²) in [5.41, 5.74) is 0. The van der Waals surface area contributed by atoms with Gasteiger partial charge in [0.1, 0.15) is 5.75 Å². The third kappa shape index (κ3) is 2.11. The van der Waals surface area contributed by atoms with Crippen LogP contribution in [0.5, 0.6) is 5.75 Å². The molecule has 74 valence electrons. The van der Waals surface area contributed by atoms with Crippen LogP contribution in [-0.4, -0.2) is 16.0 Å². The van der Waals surface area contributed by atoms with E-state index in [4.69, 9.17) is 4.74 Å². The Labute approximate surface area is 93.8 Å². The fourth-order valence-electron chi connectivity index (χ4n) is 0.966. The maximum absolute atomic E-state index is 10.5. The number of pyridine rings is 1.